The van der Waals surface area contributed by atoms with Crippen molar-refractivity contribution in [1.29, 1.82) is 0 Å². The highest BCUT2D eigenvalue weighted by Gasteiger charge is 2.28. The first kappa shape index (κ1) is 21.1. The van der Waals surface area contributed by atoms with Gasteiger partial charge in [0.05, 0.1) is 18.0 Å². The van der Waals surface area contributed by atoms with Crippen LogP contribution in [0.3, 0.4) is 0 Å². The number of fused-ring (bicyclic) bond motifs is 1. The Morgan fingerprint density at radius 1 is 1.21 bits per heavy atom. The van der Waals surface area contributed by atoms with Crippen LogP contribution in [-0.2, 0) is 9.53 Å². The summed E-state index contributed by atoms with van der Waals surface area (Å²) < 4.78 is 5.42. The minimum atomic E-state index is -0.370. The van der Waals surface area contributed by atoms with Crippen LogP contribution >= 0.6 is 11.6 Å². The molecule has 1 unspecified atom stereocenters. The maximum atomic E-state index is 12.9. The van der Waals surface area contributed by atoms with Crippen LogP contribution < -0.4 is 0 Å². The molecule has 0 saturated heterocycles. The first-order valence-electron chi connectivity index (χ1n) is 9.99. The van der Waals surface area contributed by atoms with Crippen molar-refractivity contribution >= 4 is 34.5 Å². The van der Waals surface area contributed by atoms with Crippen LogP contribution in [0.15, 0.2) is 49.0 Å². The Hall–Kier alpha value is -2.65. The number of aryl methyl sites for hydroxylation is 1. The van der Waals surface area contributed by atoms with E-state index in [-0.39, 0.29) is 11.9 Å². The average molecular weight is 408 g/mol. The molecule has 0 aliphatic heterocycles. The standard InChI is InChI=1S/C25H26ClNO2/c1-5-8-20(25(28)29-7-3)23-16(4)27-22-14-13-19(26)15-21(22)24(23)18-11-9-17(6-2)10-12-18/h6,9-15,20H,2,5,7-8H2,1,3-4H3. The van der Waals surface area contributed by atoms with Gasteiger partial charge in [-0.2, -0.15) is 0 Å². The number of halogens is 1. The van der Waals surface area contributed by atoms with Crippen LogP contribution in [0, 0.1) is 6.92 Å². The molecule has 1 aromatic heterocycles. The number of hydrogen-bond donors (Lipinski definition) is 0. The molecule has 1 atom stereocenters. The largest absolute Gasteiger partial charge is 0.466 e. The number of pyridine rings is 1. The van der Waals surface area contributed by atoms with Gasteiger partial charge >= 0.3 is 5.97 Å². The Morgan fingerprint density at radius 2 is 1.93 bits per heavy atom. The van der Waals surface area contributed by atoms with Crippen LogP contribution in [-0.4, -0.2) is 17.6 Å². The molecule has 0 spiro atoms. The maximum Gasteiger partial charge on any atom is 0.313 e. The second kappa shape index (κ2) is 9.23. The summed E-state index contributed by atoms with van der Waals surface area (Å²) in [6, 6.07) is 13.9. The zero-order chi connectivity index (χ0) is 21.0. The number of nitrogens with zero attached hydrogens (tertiary/aromatic N) is 1. The highest BCUT2D eigenvalue weighted by atomic mass is 35.5. The molecule has 0 aliphatic carbocycles. The van der Waals surface area contributed by atoms with Gasteiger partial charge in [0.2, 0.25) is 0 Å². The monoisotopic (exact) mass is 407 g/mol. The average Bonchev–Trinajstić information content (AvgIpc) is 2.72. The summed E-state index contributed by atoms with van der Waals surface area (Å²) in [5.41, 5.74) is 5.68. The van der Waals surface area contributed by atoms with Gasteiger partial charge in [0, 0.05) is 16.1 Å². The molecule has 29 heavy (non-hydrogen) atoms. The molecule has 4 heteroatoms. The fraction of sp³-hybridized carbons (Fsp3) is 0.280. The highest BCUT2D eigenvalue weighted by molar-refractivity contribution is 6.31. The van der Waals surface area contributed by atoms with Crippen LogP contribution in [0.4, 0.5) is 0 Å². The van der Waals surface area contributed by atoms with Crippen molar-refractivity contribution in [3.05, 3.63) is 70.9 Å². The Kier molecular flexibility index (Phi) is 6.71. The van der Waals surface area contributed by atoms with E-state index < -0.39 is 0 Å². The van der Waals surface area contributed by atoms with E-state index in [0.717, 1.165) is 45.3 Å². The molecule has 0 aliphatic rings. The quantitative estimate of drug-likeness (QED) is 0.397. The van der Waals surface area contributed by atoms with Gasteiger partial charge in [-0.05, 0) is 60.7 Å². The van der Waals surface area contributed by atoms with E-state index in [2.05, 4.69) is 25.6 Å². The van der Waals surface area contributed by atoms with E-state index in [1.165, 1.54) is 0 Å². The Bertz CT molecular complexity index is 1040. The number of hydrogen-bond acceptors (Lipinski definition) is 3. The Morgan fingerprint density at radius 3 is 2.55 bits per heavy atom. The number of carbonyl (C=O) groups is 1. The van der Waals surface area contributed by atoms with Gasteiger partial charge in [-0.15, -0.1) is 0 Å². The summed E-state index contributed by atoms with van der Waals surface area (Å²) in [7, 11) is 0. The number of rotatable bonds is 7. The molecule has 2 aromatic carbocycles. The van der Waals surface area contributed by atoms with E-state index in [9.17, 15) is 4.79 Å². The molecular weight excluding hydrogens is 382 g/mol. The summed E-state index contributed by atoms with van der Waals surface area (Å²) >= 11 is 6.34. The van der Waals surface area contributed by atoms with E-state index in [1.807, 2.05) is 50.3 Å². The number of esters is 1. The zero-order valence-corrected chi connectivity index (χ0v) is 17.9. The molecule has 3 rings (SSSR count). The third-order valence-corrected chi connectivity index (χ3v) is 5.34. The predicted octanol–water partition coefficient (Wildman–Crippen LogP) is 6.95. The first-order chi connectivity index (χ1) is 14.0. The summed E-state index contributed by atoms with van der Waals surface area (Å²) in [6.07, 6.45) is 3.38. The van der Waals surface area contributed by atoms with Crippen LogP contribution in [0.2, 0.25) is 5.02 Å². The van der Waals surface area contributed by atoms with Gasteiger partial charge in [0.1, 0.15) is 0 Å². The lowest BCUT2D eigenvalue weighted by atomic mass is 9.84. The molecule has 3 aromatic rings. The lowest BCUT2D eigenvalue weighted by Gasteiger charge is -2.23. The maximum absolute atomic E-state index is 12.9. The SMILES string of the molecule is C=Cc1ccc(-c2c(C(CCC)C(=O)OCC)c(C)nc3ccc(Cl)cc23)cc1. The number of aromatic nitrogens is 1. The van der Waals surface area contributed by atoms with Crippen molar-refractivity contribution in [2.24, 2.45) is 0 Å². The summed E-state index contributed by atoms with van der Waals surface area (Å²) in [4.78, 5) is 17.7. The van der Waals surface area contributed by atoms with Crippen molar-refractivity contribution in [1.82, 2.24) is 4.98 Å². The van der Waals surface area contributed by atoms with Crippen LogP contribution in [0.25, 0.3) is 28.1 Å². The van der Waals surface area contributed by atoms with Crippen LogP contribution in [0.5, 0.6) is 0 Å². The lowest BCUT2D eigenvalue weighted by molar-refractivity contribution is -0.145. The normalized spacial score (nSPS) is 12.0. The Labute approximate surface area is 177 Å². The highest BCUT2D eigenvalue weighted by Crippen LogP contribution is 2.40. The summed E-state index contributed by atoms with van der Waals surface area (Å²) in [5, 5.41) is 1.58. The number of ether oxygens (including phenoxy) is 1. The molecule has 3 nitrogen and oxygen atoms in total. The second-order valence-electron chi connectivity index (χ2n) is 7.07. The first-order valence-corrected chi connectivity index (χ1v) is 10.4. The van der Waals surface area contributed by atoms with Gasteiger partial charge in [-0.3, -0.25) is 9.78 Å². The van der Waals surface area contributed by atoms with Crippen molar-refractivity contribution in [3.8, 4) is 11.1 Å². The molecule has 0 fully saturated rings. The predicted molar refractivity (Wildman–Crippen MR) is 121 cm³/mol. The van der Waals surface area contributed by atoms with E-state index in [1.54, 1.807) is 0 Å². The lowest BCUT2D eigenvalue weighted by Crippen LogP contribution is -2.18. The number of carbonyl (C=O) groups excluding carboxylic acids is 1. The van der Waals surface area contributed by atoms with Gasteiger partial charge < -0.3 is 4.74 Å². The third kappa shape index (κ3) is 4.35. The fourth-order valence-electron chi connectivity index (χ4n) is 3.81. The zero-order valence-electron chi connectivity index (χ0n) is 17.2. The van der Waals surface area contributed by atoms with Gasteiger partial charge in [-0.1, -0.05) is 61.9 Å². The summed E-state index contributed by atoms with van der Waals surface area (Å²) in [6.45, 7) is 10.1. The van der Waals surface area contributed by atoms with Gasteiger partial charge in [0.25, 0.3) is 0 Å². The van der Waals surface area contributed by atoms with Gasteiger partial charge in [0.15, 0.2) is 0 Å². The molecular formula is C25H26ClNO2. The van der Waals surface area contributed by atoms with Crippen molar-refractivity contribution in [3.63, 3.8) is 0 Å². The smallest absolute Gasteiger partial charge is 0.313 e. The molecule has 0 amide bonds. The van der Waals surface area contributed by atoms with Crippen molar-refractivity contribution in [2.45, 2.75) is 39.5 Å². The minimum Gasteiger partial charge on any atom is -0.466 e. The summed E-state index contributed by atoms with van der Waals surface area (Å²) in [5.74, 6) is -0.575. The molecule has 0 saturated carbocycles. The Balaban J connectivity index is 2.36. The molecule has 1 heterocycles. The van der Waals surface area contributed by atoms with E-state index >= 15 is 0 Å². The van der Waals surface area contributed by atoms with Crippen LogP contribution in [0.1, 0.15) is 49.4 Å². The minimum absolute atomic E-state index is 0.204. The topological polar surface area (TPSA) is 39.2 Å². The molecule has 0 radical (unpaired) electrons. The van der Waals surface area contributed by atoms with E-state index in [4.69, 9.17) is 21.3 Å². The molecule has 0 N–H and O–H groups in total. The molecule has 150 valence electrons. The van der Waals surface area contributed by atoms with E-state index in [0.29, 0.717) is 18.1 Å². The van der Waals surface area contributed by atoms with Crippen molar-refractivity contribution < 1.29 is 9.53 Å². The third-order valence-electron chi connectivity index (χ3n) is 5.11. The van der Waals surface area contributed by atoms with Gasteiger partial charge in [-0.25, -0.2) is 0 Å². The number of benzene rings is 2. The second-order valence-corrected chi connectivity index (χ2v) is 7.50. The van der Waals surface area contributed by atoms with Crippen molar-refractivity contribution in [2.75, 3.05) is 6.61 Å². The fourth-order valence-corrected chi connectivity index (χ4v) is 3.98. The molecule has 0 bridgehead atoms.